The molecule has 2 amide bonds. The van der Waals surface area contributed by atoms with E-state index in [2.05, 4.69) is 31.2 Å². The Morgan fingerprint density at radius 2 is 1.93 bits per heavy atom. The van der Waals surface area contributed by atoms with Crippen molar-refractivity contribution in [2.45, 2.75) is 39.0 Å². The molecule has 3 N–H and O–H groups in total. The molecule has 0 atom stereocenters. The molecule has 1 aliphatic rings. The van der Waals surface area contributed by atoms with Gasteiger partial charge in [-0.25, -0.2) is 4.98 Å². The van der Waals surface area contributed by atoms with Gasteiger partial charge in [-0.3, -0.25) is 24.6 Å². The number of nitro benzene ring substituents is 1. The average molecular weight is 651 g/mol. The molecule has 11 nitrogen and oxygen atoms in total. The first-order chi connectivity index (χ1) is 20.4. The van der Waals surface area contributed by atoms with E-state index in [0.29, 0.717) is 68.8 Å². The number of rotatable bonds is 10. The van der Waals surface area contributed by atoms with Crippen LogP contribution in [0.3, 0.4) is 0 Å². The Morgan fingerprint density at radius 3 is 2.65 bits per heavy atom. The monoisotopic (exact) mass is 649 g/mol. The van der Waals surface area contributed by atoms with Crippen molar-refractivity contribution in [3.8, 4) is 22.9 Å². The Kier molecular flexibility index (Phi) is 8.26. The van der Waals surface area contributed by atoms with Crippen molar-refractivity contribution in [1.29, 1.82) is 0 Å². The number of imide groups is 1. The summed E-state index contributed by atoms with van der Waals surface area (Å²) in [7, 11) is 1.51. The van der Waals surface area contributed by atoms with Gasteiger partial charge in [0.1, 0.15) is 11.3 Å². The van der Waals surface area contributed by atoms with E-state index in [0.717, 1.165) is 12.0 Å². The summed E-state index contributed by atoms with van der Waals surface area (Å²) >= 11 is 3.56. The molecule has 2 heterocycles. The lowest BCUT2D eigenvalue weighted by Gasteiger charge is -2.37. The number of ether oxygens (including phenoxy) is 1. The Morgan fingerprint density at radius 1 is 1.16 bits per heavy atom. The second kappa shape index (κ2) is 11.8. The maximum Gasteiger partial charge on any atom is 0.273 e. The van der Waals surface area contributed by atoms with Gasteiger partial charge in [-0.2, -0.15) is 0 Å². The predicted octanol–water partition coefficient (Wildman–Crippen LogP) is 5.41. The fraction of sp³-hybridized carbons (Fsp3) is 0.323. The molecule has 0 saturated heterocycles. The lowest BCUT2D eigenvalue weighted by molar-refractivity contribution is -0.385. The zero-order chi connectivity index (χ0) is 31.1. The Labute approximate surface area is 256 Å². The number of hydrogen-bond donors (Lipinski definition) is 3. The van der Waals surface area contributed by atoms with E-state index >= 15 is 0 Å². The number of aromatic hydroxyl groups is 1. The summed E-state index contributed by atoms with van der Waals surface area (Å²) in [4.78, 5) is 47.7. The maximum atomic E-state index is 13.9. The van der Waals surface area contributed by atoms with Gasteiger partial charge in [0, 0.05) is 28.2 Å². The molecule has 224 valence electrons. The molecule has 0 unspecified atom stereocenters. The topological polar surface area (TPSA) is 151 Å². The molecule has 0 fully saturated rings. The Hall–Kier alpha value is -4.29. The van der Waals surface area contributed by atoms with Crippen LogP contribution in [0, 0.1) is 17.0 Å². The number of imidazole rings is 1. The minimum absolute atomic E-state index is 0.0237. The average Bonchev–Trinajstić information content (AvgIpc) is 3.42. The summed E-state index contributed by atoms with van der Waals surface area (Å²) in [6.07, 6.45) is 1.28. The number of aromatic amines is 1. The molecule has 1 aromatic heterocycles. The third-order valence-electron chi connectivity index (χ3n) is 7.88. The van der Waals surface area contributed by atoms with E-state index in [4.69, 9.17) is 4.74 Å². The Bertz CT molecular complexity index is 1770. The molecule has 5 rings (SSSR count). The highest BCUT2D eigenvalue weighted by Crippen LogP contribution is 2.41. The van der Waals surface area contributed by atoms with Gasteiger partial charge in [-0.05, 0) is 92.0 Å². The minimum atomic E-state index is -0.973. The molecule has 0 bridgehead atoms. The van der Waals surface area contributed by atoms with Crippen LogP contribution in [0.2, 0.25) is 0 Å². The highest BCUT2D eigenvalue weighted by molar-refractivity contribution is 9.10. The zero-order valence-corrected chi connectivity index (χ0v) is 25.9. The smallest absolute Gasteiger partial charge is 0.273 e. The number of halogens is 1. The standard InChI is InChI=1S/C31H32BrN5O6/c1-17-6-8-19(15-22(17)37(41)42)28-34-26-21(32)16-20-25(27(26)35-28)29(39)36(30(40)31(20,2)3)13-5-11-33-12-10-18-7-9-23(38)24(14-18)43-4/h6-9,14-16,33,38H,5,10-13H2,1-4H3,(H,34,35). The number of carbonyl (C=O) groups excluding carboxylic acids is 2. The minimum Gasteiger partial charge on any atom is -0.504 e. The van der Waals surface area contributed by atoms with Gasteiger partial charge in [-0.15, -0.1) is 0 Å². The van der Waals surface area contributed by atoms with Crippen molar-refractivity contribution in [2.75, 3.05) is 26.7 Å². The van der Waals surface area contributed by atoms with Crippen LogP contribution in [-0.4, -0.2) is 63.5 Å². The lowest BCUT2D eigenvalue weighted by Crippen LogP contribution is -2.52. The number of nitrogens with zero attached hydrogens (tertiary/aromatic N) is 3. The largest absolute Gasteiger partial charge is 0.504 e. The van der Waals surface area contributed by atoms with Crippen LogP contribution < -0.4 is 10.1 Å². The first-order valence-corrected chi connectivity index (χ1v) is 14.6. The van der Waals surface area contributed by atoms with Gasteiger partial charge >= 0.3 is 0 Å². The fourth-order valence-corrected chi connectivity index (χ4v) is 5.93. The Balaban J connectivity index is 1.35. The number of H-pyrrole nitrogens is 1. The number of amides is 2. The molecular weight excluding hydrogens is 618 g/mol. The molecule has 12 heteroatoms. The molecule has 3 aromatic carbocycles. The number of fused-ring (bicyclic) bond motifs is 3. The second-order valence-corrected chi connectivity index (χ2v) is 11.9. The van der Waals surface area contributed by atoms with Crippen molar-refractivity contribution in [2.24, 2.45) is 0 Å². The van der Waals surface area contributed by atoms with Crippen LogP contribution >= 0.6 is 15.9 Å². The normalized spacial score (nSPS) is 14.3. The number of phenolic OH excluding ortho intramolecular Hbond substituents is 1. The first-order valence-electron chi connectivity index (χ1n) is 13.8. The van der Waals surface area contributed by atoms with Crippen molar-refractivity contribution in [3.05, 3.63) is 79.3 Å². The van der Waals surface area contributed by atoms with Crippen molar-refractivity contribution < 1.29 is 24.4 Å². The number of hydrogen-bond acceptors (Lipinski definition) is 8. The third kappa shape index (κ3) is 5.59. The zero-order valence-electron chi connectivity index (χ0n) is 24.3. The van der Waals surface area contributed by atoms with Crippen molar-refractivity contribution in [3.63, 3.8) is 0 Å². The number of aromatic nitrogens is 2. The summed E-state index contributed by atoms with van der Waals surface area (Å²) in [6, 6.07) is 11.9. The van der Waals surface area contributed by atoms with Gasteiger partial charge in [0.05, 0.1) is 28.5 Å². The quantitative estimate of drug-likeness (QED) is 0.0893. The van der Waals surface area contributed by atoms with Gasteiger partial charge in [-0.1, -0.05) is 18.2 Å². The highest BCUT2D eigenvalue weighted by atomic mass is 79.9. The molecule has 0 saturated carbocycles. The molecule has 1 aliphatic heterocycles. The molecule has 43 heavy (non-hydrogen) atoms. The number of nitro groups is 1. The predicted molar refractivity (Wildman–Crippen MR) is 166 cm³/mol. The van der Waals surface area contributed by atoms with E-state index < -0.39 is 16.2 Å². The number of benzene rings is 3. The fourth-order valence-electron chi connectivity index (χ4n) is 5.41. The third-order valence-corrected chi connectivity index (χ3v) is 8.49. The van der Waals surface area contributed by atoms with E-state index in [1.165, 1.54) is 18.1 Å². The van der Waals surface area contributed by atoms with Crippen LogP contribution in [0.4, 0.5) is 5.69 Å². The van der Waals surface area contributed by atoms with Gasteiger partial charge < -0.3 is 20.1 Å². The van der Waals surface area contributed by atoms with E-state index in [1.807, 2.05) is 6.07 Å². The maximum absolute atomic E-state index is 13.9. The van der Waals surface area contributed by atoms with Crippen molar-refractivity contribution >= 4 is 44.5 Å². The first kappa shape index (κ1) is 30.2. The molecule has 0 spiro atoms. The summed E-state index contributed by atoms with van der Waals surface area (Å²) in [6.45, 7) is 6.78. The van der Waals surface area contributed by atoms with E-state index in [1.54, 1.807) is 51.1 Å². The van der Waals surface area contributed by atoms with Crippen LogP contribution in [0.15, 0.2) is 46.9 Å². The van der Waals surface area contributed by atoms with Crippen LogP contribution in [0.1, 0.15) is 47.3 Å². The number of nitrogens with one attached hydrogen (secondary N) is 2. The van der Waals surface area contributed by atoms with Crippen molar-refractivity contribution in [1.82, 2.24) is 20.2 Å². The van der Waals surface area contributed by atoms with E-state index in [9.17, 15) is 24.8 Å². The summed E-state index contributed by atoms with van der Waals surface area (Å²) in [5, 5.41) is 24.6. The van der Waals surface area contributed by atoms with Crippen LogP contribution in [0.25, 0.3) is 22.4 Å². The number of aryl methyl sites for hydroxylation is 1. The number of methoxy groups -OCH3 is 1. The highest BCUT2D eigenvalue weighted by Gasteiger charge is 2.46. The van der Waals surface area contributed by atoms with Crippen LogP contribution in [-0.2, 0) is 16.6 Å². The summed E-state index contributed by atoms with van der Waals surface area (Å²) < 4.78 is 5.77. The summed E-state index contributed by atoms with van der Waals surface area (Å²) in [5.41, 5.74) is 3.00. The van der Waals surface area contributed by atoms with Gasteiger partial charge in [0.25, 0.3) is 11.6 Å². The number of carbonyl (C=O) groups is 2. The van der Waals surface area contributed by atoms with Crippen LogP contribution in [0.5, 0.6) is 11.5 Å². The molecule has 0 radical (unpaired) electrons. The lowest BCUT2D eigenvalue weighted by atomic mass is 9.76. The second-order valence-electron chi connectivity index (χ2n) is 11.1. The number of phenols is 1. The molecule has 4 aromatic rings. The van der Waals surface area contributed by atoms with Gasteiger partial charge in [0.15, 0.2) is 11.5 Å². The molecular formula is C31H32BrN5O6. The summed E-state index contributed by atoms with van der Waals surface area (Å²) in [5.74, 6) is 0.221. The van der Waals surface area contributed by atoms with Gasteiger partial charge in [0.2, 0.25) is 5.91 Å². The SMILES string of the molecule is COc1cc(CCNCCCN2C(=O)c3c(cc(Br)c4nc(-c5ccc(C)c([N+](=O)[O-])c5)[nH]c34)C(C)(C)C2=O)ccc1O. The van der Waals surface area contributed by atoms with E-state index in [-0.39, 0.29) is 23.9 Å². The molecule has 0 aliphatic carbocycles.